The molecule has 0 fully saturated rings. The third-order valence-corrected chi connectivity index (χ3v) is 5.86. The maximum absolute atomic E-state index is 12.0. The number of halogens is 1. The van der Waals surface area contributed by atoms with Gasteiger partial charge in [0.25, 0.3) is 0 Å². The van der Waals surface area contributed by atoms with Gasteiger partial charge in [-0.2, -0.15) is 0 Å². The van der Waals surface area contributed by atoms with Crippen LogP contribution in [0, 0.1) is 0 Å². The molecule has 3 N–H and O–H groups in total. The molecular formula is C9H13BrN2O4S2. The molecule has 0 spiro atoms. The third kappa shape index (κ3) is 3.51. The first-order valence-corrected chi connectivity index (χ1v) is 8.01. The van der Waals surface area contributed by atoms with Crippen LogP contribution in [0.25, 0.3) is 0 Å². The summed E-state index contributed by atoms with van der Waals surface area (Å²) in [5.74, 6) is -0.575. The number of esters is 1. The van der Waals surface area contributed by atoms with Crippen LogP contribution in [0.3, 0.4) is 0 Å². The Kier molecular flexibility index (Phi) is 5.29. The van der Waals surface area contributed by atoms with Gasteiger partial charge < -0.3 is 10.5 Å². The average Bonchev–Trinajstić information content (AvgIpc) is 2.70. The number of nitrogens with two attached hydrogens (primary N) is 1. The van der Waals surface area contributed by atoms with Crippen LogP contribution in [0.1, 0.15) is 16.6 Å². The molecule has 0 aliphatic rings. The second kappa shape index (κ2) is 6.11. The highest BCUT2D eigenvalue weighted by Crippen LogP contribution is 2.32. The molecule has 0 saturated heterocycles. The lowest BCUT2D eigenvalue weighted by atomic mass is 10.4. The van der Waals surface area contributed by atoms with E-state index in [9.17, 15) is 13.2 Å². The first kappa shape index (κ1) is 15.6. The average molecular weight is 357 g/mol. The van der Waals surface area contributed by atoms with Crippen LogP contribution >= 0.6 is 27.3 Å². The van der Waals surface area contributed by atoms with Crippen LogP contribution in [-0.2, 0) is 14.8 Å². The summed E-state index contributed by atoms with van der Waals surface area (Å²) >= 11 is 4.12. The van der Waals surface area contributed by atoms with Gasteiger partial charge in [0.15, 0.2) is 0 Å². The van der Waals surface area contributed by atoms with Crippen LogP contribution in [0.2, 0.25) is 0 Å². The summed E-state index contributed by atoms with van der Waals surface area (Å²) in [7, 11) is -2.46. The van der Waals surface area contributed by atoms with Gasteiger partial charge in [-0.15, -0.1) is 11.3 Å². The van der Waals surface area contributed by atoms with Gasteiger partial charge in [-0.1, -0.05) is 0 Å². The highest BCUT2D eigenvalue weighted by atomic mass is 79.9. The largest absolute Gasteiger partial charge is 0.465 e. The van der Waals surface area contributed by atoms with Crippen molar-refractivity contribution in [3.63, 3.8) is 0 Å². The Morgan fingerprint density at radius 2 is 2.28 bits per heavy atom. The first-order valence-electron chi connectivity index (χ1n) is 4.92. The Bertz CT molecular complexity index is 541. The molecule has 0 saturated carbocycles. The van der Waals surface area contributed by atoms with Crippen molar-refractivity contribution >= 4 is 43.3 Å². The summed E-state index contributed by atoms with van der Waals surface area (Å²) in [6.07, 6.45) is 0. The molecule has 0 aliphatic carbocycles. The fourth-order valence-corrected chi connectivity index (χ4v) is 4.85. The Balaban J connectivity index is 3.10. The maximum Gasteiger partial charge on any atom is 0.348 e. The number of hydrogen-bond acceptors (Lipinski definition) is 6. The van der Waals surface area contributed by atoms with Crippen molar-refractivity contribution in [2.45, 2.75) is 17.9 Å². The molecule has 0 aromatic carbocycles. The number of ether oxygens (including phenoxy) is 1. The second-order valence-electron chi connectivity index (χ2n) is 3.50. The van der Waals surface area contributed by atoms with Crippen molar-refractivity contribution in [3.8, 4) is 0 Å². The normalized spacial score (nSPS) is 13.3. The second-order valence-corrected chi connectivity index (χ2v) is 7.55. The van der Waals surface area contributed by atoms with E-state index in [1.807, 2.05) is 0 Å². The predicted molar refractivity (Wildman–Crippen MR) is 72.2 cm³/mol. The Labute approximate surface area is 118 Å². The summed E-state index contributed by atoms with van der Waals surface area (Å²) < 4.78 is 31.3. The Morgan fingerprint density at radius 3 is 2.78 bits per heavy atom. The van der Waals surface area contributed by atoms with Crippen molar-refractivity contribution in [2.75, 3.05) is 13.7 Å². The number of nitrogens with one attached hydrogen (secondary N) is 1. The molecule has 1 rings (SSSR count). The van der Waals surface area contributed by atoms with Gasteiger partial charge in [0.05, 0.1) is 10.9 Å². The van der Waals surface area contributed by atoms with E-state index in [0.29, 0.717) is 3.79 Å². The van der Waals surface area contributed by atoms with Crippen LogP contribution in [0.15, 0.2) is 14.7 Å². The molecule has 6 nitrogen and oxygen atoms in total. The van der Waals surface area contributed by atoms with E-state index in [0.717, 1.165) is 11.3 Å². The van der Waals surface area contributed by atoms with Gasteiger partial charge in [-0.05, 0) is 28.9 Å². The molecule has 1 aromatic rings. The highest BCUT2D eigenvalue weighted by Gasteiger charge is 2.24. The molecule has 0 amide bonds. The Hall–Kier alpha value is -0.480. The molecule has 102 valence electrons. The molecule has 1 atom stereocenters. The number of carbonyl (C=O) groups is 1. The third-order valence-electron chi connectivity index (χ3n) is 2.04. The number of methoxy groups -OCH3 is 1. The van der Waals surface area contributed by atoms with E-state index < -0.39 is 16.0 Å². The minimum atomic E-state index is -3.70. The summed E-state index contributed by atoms with van der Waals surface area (Å²) in [5, 5.41) is 0. The molecule has 0 bridgehead atoms. The van der Waals surface area contributed by atoms with Crippen LogP contribution in [-0.4, -0.2) is 34.1 Å². The minimum absolute atomic E-state index is 0.00759. The lowest BCUT2D eigenvalue weighted by molar-refractivity contribution is 0.0606. The molecule has 0 aliphatic heterocycles. The van der Waals surface area contributed by atoms with Crippen molar-refractivity contribution in [1.82, 2.24) is 4.72 Å². The van der Waals surface area contributed by atoms with Gasteiger partial charge in [0.1, 0.15) is 9.77 Å². The van der Waals surface area contributed by atoms with Crippen molar-refractivity contribution in [3.05, 3.63) is 14.7 Å². The molecule has 18 heavy (non-hydrogen) atoms. The van der Waals surface area contributed by atoms with E-state index >= 15 is 0 Å². The highest BCUT2D eigenvalue weighted by molar-refractivity contribution is 9.11. The SMILES string of the molecule is COC(=O)c1cc(S(=O)(=O)NC(C)CN)c(Br)s1. The molecule has 1 aromatic heterocycles. The van der Waals surface area contributed by atoms with Crippen molar-refractivity contribution < 1.29 is 17.9 Å². The smallest absolute Gasteiger partial charge is 0.348 e. The lowest BCUT2D eigenvalue weighted by Gasteiger charge is -2.10. The van der Waals surface area contributed by atoms with Crippen molar-refractivity contribution in [1.29, 1.82) is 0 Å². The topological polar surface area (TPSA) is 98.5 Å². The molecular weight excluding hydrogens is 344 g/mol. The standard InChI is InChI=1S/C9H13BrN2O4S2/c1-5(4-11)12-18(14,15)7-3-6(9(13)16-2)17-8(7)10/h3,5,12H,4,11H2,1-2H3. The van der Waals surface area contributed by atoms with Crippen molar-refractivity contribution in [2.24, 2.45) is 5.73 Å². The monoisotopic (exact) mass is 356 g/mol. The zero-order valence-electron chi connectivity index (χ0n) is 9.77. The fourth-order valence-electron chi connectivity index (χ4n) is 1.11. The summed E-state index contributed by atoms with van der Waals surface area (Å²) in [4.78, 5) is 11.5. The van der Waals surface area contributed by atoms with E-state index in [2.05, 4.69) is 25.4 Å². The molecule has 9 heteroatoms. The van der Waals surface area contributed by atoms with E-state index in [1.54, 1.807) is 6.92 Å². The maximum atomic E-state index is 12.0. The number of hydrogen-bond donors (Lipinski definition) is 2. The van der Waals surface area contributed by atoms with E-state index in [4.69, 9.17) is 5.73 Å². The van der Waals surface area contributed by atoms with Gasteiger partial charge in [-0.3, -0.25) is 0 Å². The van der Waals surface area contributed by atoms with Gasteiger partial charge in [-0.25, -0.2) is 17.9 Å². The quantitative estimate of drug-likeness (QED) is 0.764. The van der Waals surface area contributed by atoms with E-state index in [-0.39, 0.29) is 22.4 Å². The minimum Gasteiger partial charge on any atom is -0.465 e. The van der Waals surface area contributed by atoms with Crippen LogP contribution in [0.4, 0.5) is 0 Å². The van der Waals surface area contributed by atoms with Crippen LogP contribution in [0.5, 0.6) is 0 Å². The summed E-state index contributed by atoms with van der Waals surface area (Å²) in [6.45, 7) is 1.84. The number of carbonyl (C=O) groups excluding carboxylic acids is 1. The van der Waals surface area contributed by atoms with E-state index in [1.165, 1.54) is 13.2 Å². The number of rotatable bonds is 5. The van der Waals surface area contributed by atoms with Gasteiger partial charge in [0.2, 0.25) is 10.0 Å². The summed E-state index contributed by atoms with van der Waals surface area (Å²) in [5.41, 5.74) is 5.36. The van der Waals surface area contributed by atoms with Crippen LogP contribution < -0.4 is 10.5 Å². The Morgan fingerprint density at radius 1 is 1.67 bits per heavy atom. The molecule has 1 heterocycles. The molecule has 1 unspecified atom stereocenters. The fraction of sp³-hybridized carbons (Fsp3) is 0.444. The number of sulfonamides is 1. The first-order chi connectivity index (χ1) is 8.31. The zero-order valence-corrected chi connectivity index (χ0v) is 13.0. The number of thiophene rings is 1. The van der Waals surface area contributed by atoms with Gasteiger partial charge >= 0.3 is 5.97 Å². The van der Waals surface area contributed by atoms with Gasteiger partial charge in [0, 0.05) is 12.6 Å². The predicted octanol–water partition coefficient (Wildman–Crippen LogP) is 0.923. The lowest BCUT2D eigenvalue weighted by Crippen LogP contribution is -2.37. The molecule has 0 radical (unpaired) electrons. The zero-order chi connectivity index (χ0) is 13.9. The summed E-state index contributed by atoms with van der Waals surface area (Å²) in [6, 6.07) is 0.884.